The largest absolute Gasteiger partial charge is 0.264 e. The second-order valence-corrected chi connectivity index (χ2v) is 7.74. The van der Waals surface area contributed by atoms with Crippen molar-refractivity contribution in [1.82, 2.24) is 19.6 Å². The van der Waals surface area contributed by atoms with Crippen LogP contribution in [0.2, 0.25) is 0 Å². The topological polar surface area (TPSA) is 89.2 Å². The van der Waals surface area contributed by atoms with E-state index in [9.17, 15) is 8.42 Å². The summed E-state index contributed by atoms with van der Waals surface area (Å²) in [5.74, 6) is 0.321. The summed E-state index contributed by atoms with van der Waals surface area (Å²) in [6.07, 6.45) is 3.95. The van der Waals surface area contributed by atoms with Crippen LogP contribution in [-0.2, 0) is 16.4 Å². The second kappa shape index (κ2) is 5.37. The maximum atomic E-state index is 12.7. The first-order valence-electron chi connectivity index (χ1n) is 8.02. The number of fused-ring (bicyclic) bond motifs is 4. The van der Waals surface area contributed by atoms with Gasteiger partial charge in [0.1, 0.15) is 0 Å². The van der Waals surface area contributed by atoms with Crippen LogP contribution in [0.5, 0.6) is 0 Å². The van der Waals surface area contributed by atoms with Crippen LogP contribution in [0.25, 0.3) is 16.9 Å². The molecule has 0 fully saturated rings. The Morgan fingerprint density at radius 1 is 1.00 bits per heavy atom. The number of nitrogens with zero attached hydrogens (tertiary/aromatic N) is 4. The van der Waals surface area contributed by atoms with E-state index in [2.05, 4.69) is 31.9 Å². The van der Waals surface area contributed by atoms with Crippen LogP contribution in [0, 0.1) is 0 Å². The summed E-state index contributed by atoms with van der Waals surface area (Å²) in [5, 5.41) is 4.08. The number of rotatable bonds is 3. The van der Waals surface area contributed by atoms with Crippen LogP contribution < -0.4 is 4.72 Å². The van der Waals surface area contributed by atoms with E-state index in [1.807, 2.05) is 18.2 Å². The summed E-state index contributed by atoms with van der Waals surface area (Å²) in [7, 11) is -3.79. The van der Waals surface area contributed by atoms with Crippen molar-refractivity contribution in [2.45, 2.75) is 11.3 Å². The van der Waals surface area contributed by atoms with Crippen molar-refractivity contribution in [1.29, 1.82) is 0 Å². The van der Waals surface area contributed by atoms with Crippen molar-refractivity contribution in [3.8, 4) is 11.1 Å². The van der Waals surface area contributed by atoms with Crippen LogP contribution in [0.4, 0.5) is 5.95 Å². The molecule has 0 aliphatic heterocycles. The van der Waals surface area contributed by atoms with Crippen molar-refractivity contribution in [2.24, 2.45) is 0 Å². The maximum absolute atomic E-state index is 12.7. The van der Waals surface area contributed by atoms with Crippen LogP contribution >= 0.6 is 0 Å². The molecule has 5 rings (SSSR count). The Kier molecular flexibility index (Phi) is 3.10. The molecule has 2 aromatic heterocycles. The quantitative estimate of drug-likeness (QED) is 0.532. The molecule has 8 heteroatoms. The van der Waals surface area contributed by atoms with Gasteiger partial charge in [-0.2, -0.15) is 4.98 Å². The van der Waals surface area contributed by atoms with Crippen LogP contribution in [0.1, 0.15) is 11.1 Å². The molecule has 0 amide bonds. The first-order valence-corrected chi connectivity index (χ1v) is 9.50. The third kappa shape index (κ3) is 2.34. The fourth-order valence-electron chi connectivity index (χ4n) is 3.24. The number of aromatic nitrogens is 4. The fraction of sp³-hybridized carbons (Fsp3) is 0.0556. The highest BCUT2D eigenvalue weighted by Gasteiger charge is 2.23. The lowest BCUT2D eigenvalue weighted by molar-refractivity contribution is 0.600. The average molecular weight is 363 g/mol. The predicted molar refractivity (Wildman–Crippen MR) is 96.3 cm³/mol. The molecule has 0 saturated carbocycles. The molecule has 4 aromatic rings. The number of sulfonamides is 1. The molecule has 0 unspecified atom stereocenters. The summed E-state index contributed by atoms with van der Waals surface area (Å²) < 4.78 is 29.3. The zero-order valence-electron chi connectivity index (χ0n) is 13.5. The monoisotopic (exact) mass is 363 g/mol. The summed E-state index contributed by atoms with van der Waals surface area (Å²) in [5.41, 5.74) is 4.44. The van der Waals surface area contributed by atoms with E-state index in [0.717, 1.165) is 23.1 Å². The second-order valence-electron chi connectivity index (χ2n) is 6.06. The molecular formula is C18H13N5O2S. The minimum atomic E-state index is -3.79. The Hall–Kier alpha value is -3.26. The highest BCUT2D eigenvalue weighted by molar-refractivity contribution is 7.92. The van der Waals surface area contributed by atoms with Gasteiger partial charge in [-0.25, -0.2) is 22.6 Å². The van der Waals surface area contributed by atoms with Gasteiger partial charge in [-0.15, -0.1) is 5.10 Å². The minimum Gasteiger partial charge on any atom is -0.246 e. The lowest BCUT2D eigenvalue weighted by Gasteiger charge is -2.07. The fourth-order valence-corrected chi connectivity index (χ4v) is 4.23. The molecule has 0 radical (unpaired) electrons. The zero-order chi connectivity index (χ0) is 17.7. The summed E-state index contributed by atoms with van der Waals surface area (Å²) in [4.78, 5) is 8.30. The molecule has 0 saturated heterocycles. The highest BCUT2D eigenvalue weighted by Crippen LogP contribution is 2.37. The van der Waals surface area contributed by atoms with Gasteiger partial charge in [0.2, 0.25) is 0 Å². The van der Waals surface area contributed by atoms with Gasteiger partial charge in [0.25, 0.3) is 21.7 Å². The lowest BCUT2D eigenvalue weighted by Crippen LogP contribution is -2.14. The van der Waals surface area contributed by atoms with Gasteiger partial charge in [0.15, 0.2) is 0 Å². The maximum Gasteiger partial charge on any atom is 0.264 e. The Morgan fingerprint density at radius 3 is 2.73 bits per heavy atom. The smallest absolute Gasteiger partial charge is 0.246 e. The van der Waals surface area contributed by atoms with Crippen molar-refractivity contribution in [2.75, 3.05) is 4.72 Å². The molecule has 2 heterocycles. The van der Waals surface area contributed by atoms with Crippen LogP contribution in [-0.4, -0.2) is 28.0 Å². The third-order valence-electron chi connectivity index (χ3n) is 4.42. The first kappa shape index (κ1) is 15.0. The van der Waals surface area contributed by atoms with E-state index in [4.69, 9.17) is 0 Å². The first-order chi connectivity index (χ1) is 12.6. The number of anilines is 1. The summed E-state index contributed by atoms with van der Waals surface area (Å²) >= 11 is 0. The van der Waals surface area contributed by atoms with E-state index in [1.54, 1.807) is 30.6 Å². The lowest BCUT2D eigenvalue weighted by atomic mass is 10.1. The normalized spacial score (nSPS) is 12.8. The molecule has 1 N–H and O–H groups in total. The number of hydrogen-bond acceptors (Lipinski definition) is 5. The van der Waals surface area contributed by atoms with Gasteiger partial charge in [0, 0.05) is 12.4 Å². The number of hydrogen-bond donors (Lipinski definition) is 1. The van der Waals surface area contributed by atoms with Crippen molar-refractivity contribution < 1.29 is 8.42 Å². The summed E-state index contributed by atoms with van der Waals surface area (Å²) in [6, 6.07) is 15.0. The van der Waals surface area contributed by atoms with Gasteiger partial charge in [-0.05, 0) is 46.9 Å². The minimum absolute atomic E-state index is 0.00696. The van der Waals surface area contributed by atoms with Crippen molar-refractivity contribution >= 4 is 21.7 Å². The Labute approximate surface area is 149 Å². The molecule has 1 aliphatic carbocycles. The van der Waals surface area contributed by atoms with E-state index in [0.29, 0.717) is 5.78 Å². The standard InChI is InChI=1S/C18H13N5O2S/c24-26(25,22-17-20-18-19-8-3-9-23(18)21-17)14-6-7-16-13(11-14)10-12-4-1-2-5-15(12)16/h1-9,11H,10H2,(H,21,22). The van der Waals surface area contributed by atoms with E-state index in [1.165, 1.54) is 10.1 Å². The van der Waals surface area contributed by atoms with Crippen LogP contribution in [0.15, 0.2) is 65.8 Å². The molecule has 7 nitrogen and oxygen atoms in total. The Balaban J connectivity index is 1.50. The predicted octanol–water partition coefficient (Wildman–Crippen LogP) is 2.50. The zero-order valence-corrected chi connectivity index (χ0v) is 14.3. The van der Waals surface area contributed by atoms with E-state index >= 15 is 0 Å². The van der Waals surface area contributed by atoms with Gasteiger partial charge in [-0.3, -0.25) is 0 Å². The molecule has 0 bridgehead atoms. The van der Waals surface area contributed by atoms with Gasteiger partial charge >= 0.3 is 0 Å². The van der Waals surface area contributed by atoms with E-state index in [-0.39, 0.29) is 10.8 Å². The van der Waals surface area contributed by atoms with Gasteiger partial charge in [-0.1, -0.05) is 30.3 Å². The van der Waals surface area contributed by atoms with Crippen molar-refractivity contribution in [3.05, 3.63) is 72.1 Å². The molecular weight excluding hydrogens is 350 g/mol. The Bertz CT molecular complexity index is 1230. The van der Waals surface area contributed by atoms with Gasteiger partial charge < -0.3 is 0 Å². The highest BCUT2D eigenvalue weighted by atomic mass is 32.2. The SMILES string of the molecule is O=S(=O)(Nc1nc2ncccn2n1)c1ccc2c(c1)Cc1ccccc1-2. The third-order valence-corrected chi connectivity index (χ3v) is 5.74. The van der Waals surface area contributed by atoms with E-state index < -0.39 is 10.0 Å². The average Bonchev–Trinajstić information content (AvgIpc) is 3.20. The summed E-state index contributed by atoms with van der Waals surface area (Å²) in [6.45, 7) is 0. The van der Waals surface area contributed by atoms with Crippen LogP contribution in [0.3, 0.4) is 0 Å². The number of benzene rings is 2. The Morgan fingerprint density at radius 2 is 1.85 bits per heavy atom. The molecule has 2 aromatic carbocycles. The number of nitrogens with one attached hydrogen (secondary N) is 1. The molecule has 26 heavy (non-hydrogen) atoms. The molecule has 0 spiro atoms. The molecule has 128 valence electrons. The molecule has 1 aliphatic rings. The van der Waals surface area contributed by atoms with Gasteiger partial charge in [0.05, 0.1) is 4.90 Å². The van der Waals surface area contributed by atoms with Crippen molar-refractivity contribution in [3.63, 3.8) is 0 Å². The molecule has 0 atom stereocenters.